The van der Waals surface area contributed by atoms with Crippen LogP contribution in [0.4, 0.5) is 0 Å². The second kappa shape index (κ2) is 6.63. The number of hydrogen-bond acceptors (Lipinski definition) is 4. The van der Waals surface area contributed by atoms with Gasteiger partial charge in [0.2, 0.25) is 5.91 Å². The molecule has 0 radical (unpaired) electrons. The lowest BCUT2D eigenvalue weighted by molar-refractivity contribution is -0.134. The molecule has 1 aliphatic heterocycles. The fourth-order valence-electron chi connectivity index (χ4n) is 2.54. The highest BCUT2D eigenvalue weighted by Gasteiger charge is 2.30. The summed E-state index contributed by atoms with van der Waals surface area (Å²) in [6.07, 6.45) is 6.45. The third-order valence-electron chi connectivity index (χ3n) is 4.02. The van der Waals surface area contributed by atoms with Crippen molar-refractivity contribution < 1.29 is 4.79 Å². The molecule has 1 aliphatic rings. The van der Waals surface area contributed by atoms with Gasteiger partial charge in [0.25, 0.3) is 0 Å². The van der Waals surface area contributed by atoms with E-state index in [0.717, 1.165) is 25.5 Å². The van der Waals surface area contributed by atoms with Crippen LogP contribution in [-0.4, -0.2) is 63.4 Å². The van der Waals surface area contributed by atoms with Crippen LogP contribution in [0.15, 0.2) is 12.4 Å². The highest BCUT2D eigenvalue weighted by Crippen LogP contribution is 2.23. The largest absolute Gasteiger partial charge is 0.339 e. The number of rotatable bonds is 4. The van der Waals surface area contributed by atoms with Crippen LogP contribution in [0.5, 0.6) is 0 Å². The van der Waals surface area contributed by atoms with Crippen LogP contribution < -0.4 is 0 Å². The second-order valence-corrected chi connectivity index (χ2v) is 6.76. The van der Waals surface area contributed by atoms with Gasteiger partial charge >= 0.3 is 0 Å². The number of hydrogen-bond donors (Lipinski definition) is 0. The van der Waals surface area contributed by atoms with E-state index in [0.29, 0.717) is 11.7 Å². The van der Waals surface area contributed by atoms with Crippen LogP contribution in [0.3, 0.4) is 0 Å². The van der Waals surface area contributed by atoms with Gasteiger partial charge < -0.3 is 9.47 Å². The molecular weight excluding hydrogens is 272 g/mol. The Morgan fingerprint density at radius 3 is 2.85 bits per heavy atom. The minimum atomic E-state index is 0.192. The normalized spacial score (nSPS) is 22.0. The van der Waals surface area contributed by atoms with Gasteiger partial charge in [-0.15, -0.1) is 0 Å². The van der Waals surface area contributed by atoms with Gasteiger partial charge in [0.05, 0.1) is 6.04 Å². The van der Waals surface area contributed by atoms with Crippen LogP contribution in [0.25, 0.3) is 0 Å². The maximum absolute atomic E-state index is 12.3. The fraction of sp³-hybridized carbons (Fsp3) is 0.714. The van der Waals surface area contributed by atoms with Crippen LogP contribution in [0.1, 0.15) is 25.2 Å². The Morgan fingerprint density at radius 1 is 1.50 bits per heavy atom. The Hall–Kier alpha value is -1.01. The van der Waals surface area contributed by atoms with Gasteiger partial charge in [-0.3, -0.25) is 9.69 Å². The zero-order valence-corrected chi connectivity index (χ0v) is 13.6. The molecule has 0 spiro atoms. The zero-order chi connectivity index (χ0) is 14.7. The number of imidazole rings is 1. The Bertz CT molecular complexity index is 462. The Kier molecular flexibility index (Phi) is 5.10. The van der Waals surface area contributed by atoms with Crippen molar-refractivity contribution in [1.82, 2.24) is 19.4 Å². The molecule has 1 saturated heterocycles. The van der Waals surface area contributed by atoms with Crippen molar-refractivity contribution in [3.8, 4) is 0 Å². The first-order chi connectivity index (χ1) is 9.52. The van der Waals surface area contributed by atoms with Gasteiger partial charge in [0, 0.05) is 50.7 Å². The average molecular weight is 296 g/mol. The number of carbonyl (C=O) groups excluding carboxylic acids is 1. The van der Waals surface area contributed by atoms with E-state index in [1.807, 2.05) is 28.9 Å². The number of aromatic nitrogens is 2. The molecular formula is C14H24N4OS. The molecule has 0 aromatic carbocycles. The third kappa shape index (κ3) is 3.35. The second-order valence-electron chi connectivity index (χ2n) is 5.48. The summed E-state index contributed by atoms with van der Waals surface area (Å²) >= 11 is 1.74. The molecule has 0 N–H and O–H groups in total. The molecule has 5 nitrogen and oxygen atoms in total. The molecule has 0 bridgehead atoms. The highest BCUT2D eigenvalue weighted by molar-refractivity contribution is 7.99. The molecule has 2 rings (SSSR count). The summed E-state index contributed by atoms with van der Waals surface area (Å²) in [5, 5.41) is 0.383. The van der Waals surface area contributed by atoms with Crippen LogP contribution >= 0.6 is 11.8 Å². The summed E-state index contributed by atoms with van der Waals surface area (Å²) in [5.74, 6) is 1.29. The highest BCUT2D eigenvalue weighted by atomic mass is 32.2. The zero-order valence-electron chi connectivity index (χ0n) is 12.7. The van der Waals surface area contributed by atoms with Crippen LogP contribution in [-0.2, 0) is 11.8 Å². The lowest BCUT2D eigenvalue weighted by Crippen LogP contribution is -2.49. The first kappa shape index (κ1) is 15.4. The van der Waals surface area contributed by atoms with E-state index in [2.05, 4.69) is 30.1 Å². The minimum Gasteiger partial charge on any atom is -0.339 e. The predicted octanol–water partition coefficient (Wildman–Crippen LogP) is 1.38. The van der Waals surface area contributed by atoms with Crippen molar-refractivity contribution in [2.75, 3.05) is 32.9 Å². The third-order valence-corrected chi connectivity index (χ3v) is 4.99. The SMILES string of the molecule is CS[C@H](C)CC(=O)N1CCN(C)[C@H](c2nccn2C)C1. The van der Waals surface area contributed by atoms with E-state index in [4.69, 9.17) is 0 Å². The quantitative estimate of drug-likeness (QED) is 0.842. The van der Waals surface area contributed by atoms with E-state index < -0.39 is 0 Å². The molecule has 2 atom stereocenters. The maximum atomic E-state index is 12.3. The predicted molar refractivity (Wildman–Crippen MR) is 82.8 cm³/mol. The molecule has 0 aliphatic carbocycles. The van der Waals surface area contributed by atoms with E-state index >= 15 is 0 Å². The molecule has 112 valence electrons. The minimum absolute atomic E-state index is 0.192. The number of likely N-dealkylation sites (N-methyl/N-ethyl adjacent to an activating group) is 1. The van der Waals surface area contributed by atoms with Crippen molar-refractivity contribution in [2.45, 2.75) is 24.6 Å². The number of thioether (sulfide) groups is 1. The maximum Gasteiger partial charge on any atom is 0.223 e. The Labute approximate surface area is 125 Å². The first-order valence-corrected chi connectivity index (χ1v) is 8.29. The number of amides is 1. The number of carbonyl (C=O) groups is 1. The molecule has 0 saturated carbocycles. The standard InChI is InChI=1S/C14H24N4OS/c1-11(20-4)9-13(19)18-8-7-16(2)12(10-18)14-15-5-6-17(14)3/h5-6,11-12H,7-10H2,1-4H3/t11-,12+/m1/s1. The molecule has 1 amide bonds. The summed E-state index contributed by atoms with van der Waals surface area (Å²) in [6, 6.07) is 0.192. The molecule has 20 heavy (non-hydrogen) atoms. The monoisotopic (exact) mass is 296 g/mol. The van der Waals surface area contributed by atoms with Gasteiger partial charge in [-0.2, -0.15) is 11.8 Å². The summed E-state index contributed by atoms with van der Waals surface area (Å²) < 4.78 is 2.04. The smallest absolute Gasteiger partial charge is 0.223 e. The number of aryl methyl sites for hydroxylation is 1. The summed E-state index contributed by atoms with van der Waals surface area (Å²) in [4.78, 5) is 21.1. The lowest BCUT2D eigenvalue weighted by Gasteiger charge is -2.39. The van der Waals surface area contributed by atoms with E-state index in [1.54, 1.807) is 11.8 Å². The Morgan fingerprint density at radius 2 is 2.25 bits per heavy atom. The molecule has 6 heteroatoms. The van der Waals surface area contributed by atoms with Gasteiger partial charge in [-0.05, 0) is 13.3 Å². The average Bonchev–Trinajstić information content (AvgIpc) is 2.85. The fourth-order valence-corrected chi connectivity index (χ4v) is 2.84. The number of piperazine rings is 1. The molecule has 2 heterocycles. The van der Waals surface area contributed by atoms with Crippen LogP contribution in [0.2, 0.25) is 0 Å². The van der Waals surface area contributed by atoms with Crippen molar-refractivity contribution in [2.24, 2.45) is 7.05 Å². The van der Waals surface area contributed by atoms with E-state index in [-0.39, 0.29) is 11.9 Å². The van der Waals surface area contributed by atoms with Crippen molar-refractivity contribution in [1.29, 1.82) is 0 Å². The molecule has 0 unspecified atom stereocenters. The summed E-state index contributed by atoms with van der Waals surface area (Å²) in [6.45, 7) is 4.56. The summed E-state index contributed by atoms with van der Waals surface area (Å²) in [5.41, 5.74) is 0. The van der Waals surface area contributed by atoms with Crippen molar-refractivity contribution in [3.05, 3.63) is 18.2 Å². The summed E-state index contributed by atoms with van der Waals surface area (Å²) in [7, 11) is 4.11. The number of nitrogens with zero attached hydrogens (tertiary/aromatic N) is 4. The van der Waals surface area contributed by atoms with Gasteiger partial charge in [-0.1, -0.05) is 6.92 Å². The topological polar surface area (TPSA) is 41.4 Å². The van der Waals surface area contributed by atoms with Gasteiger partial charge in [0.15, 0.2) is 0 Å². The van der Waals surface area contributed by atoms with Gasteiger partial charge in [-0.25, -0.2) is 4.98 Å². The van der Waals surface area contributed by atoms with Crippen molar-refractivity contribution in [3.63, 3.8) is 0 Å². The Balaban J connectivity index is 2.05. The lowest BCUT2D eigenvalue weighted by atomic mass is 10.1. The molecule has 1 aromatic rings. The van der Waals surface area contributed by atoms with Gasteiger partial charge in [0.1, 0.15) is 5.82 Å². The van der Waals surface area contributed by atoms with E-state index in [9.17, 15) is 4.79 Å². The first-order valence-electron chi connectivity index (χ1n) is 7.01. The van der Waals surface area contributed by atoms with Crippen molar-refractivity contribution >= 4 is 17.7 Å². The molecule has 1 fully saturated rings. The molecule has 1 aromatic heterocycles. The van der Waals surface area contributed by atoms with E-state index in [1.165, 1.54) is 0 Å². The van der Waals surface area contributed by atoms with Crippen LogP contribution in [0, 0.1) is 0 Å².